The molecule has 5 nitrogen and oxygen atoms in total. The van der Waals surface area contributed by atoms with Crippen molar-refractivity contribution in [1.82, 2.24) is 15.5 Å². The van der Waals surface area contributed by atoms with E-state index in [0.717, 1.165) is 18.6 Å². The van der Waals surface area contributed by atoms with Crippen molar-refractivity contribution in [2.24, 2.45) is 4.99 Å². The number of carbonyl (C=O) groups is 1. The molecule has 0 heterocycles. The second-order valence-corrected chi connectivity index (χ2v) is 5.53. The topological polar surface area (TPSA) is 56.7 Å². The number of benzene rings is 1. The number of rotatable bonds is 6. The molecule has 1 amide bonds. The van der Waals surface area contributed by atoms with Gasteiger partial charge in [0.2, 0.25) is 5.91 Å². The SMILES string of the molecule is CCCNC(=NCc1ccc(F)cc1C(F)(F)F)NCC(=O)N(C)C. The van der Waals surface area contributed by atoms with Gasteiger partial charge in [-0.2, -0.15) is 13.2 Å². The number of hydrogen-bond acceptors (Lipinski definition) is 2. The summed E-state index contributed by atoms with van der Waals surface area (Å²) in [7, 11) is 3.18. The highest BCUT2D eigenvalue weighted by Crippen LogP contribution is 2.32. The second kappa shape index (κ2) is 9.24. The van der Waals surface area contributed by atoms with E-state index >= 15 is 0 Å². The summed E-state index contributed by atoms with van der Waals surface area (Å²) in [4.78, 5) is 17.1. The van der Waals surface area contributed by atoms with Crippen LogP contribution in [0.1, 0.15) is 24.5 Å². The van der Waals surface area contributed by atoms with Crippen molar-refractivity contribution >= 4 is 11.9 Å². The highest BCUT2D eigenvalue weighted by Gasteiger charge is 2.33. The summed E-state index contributed by atoms with van der Waals surface area (Å²) in [5.74, 6) is -0.947. The van der Waals surface area contributed by atoms with Crippen LogP contribution in [-0.2, 0) is 17.5 Å². The third-order valence-electron chi connectivity index (χ3n) is 3.23. The summed E-state index contributed by atoms with van der Waals surface area (Å²) in [6.45, 7) is 2.11. The fourth-order valence-corrected chi connectivity index (χ4v) is 1.85. The first kappa shape index (κ1) is 20.7. The van der Waals surface area contributed by atoms with Crippen molar-refractivity contribution in [1.29, 1.82) is 0 Å². The maximum Gasteiger partial charge on any atom is 0.416 e. The van der Waals surface area contributed by atoms with E-state index < -0.39 is 17.6 Å². The molecular formula is C16H22F4N4O. The lowest BCUT2D eigenvalue weighted by Gasteiger charge is -2.15. The van der Waals surface area contributed by atoms with Crippen molar-refractivity contribution < 1.29 is 22.4 Å². The first-order valence-corrected chi connectivity index (χ1v) is 7.73. The molecule has 2 N–H and O–H groups in total. The van der Waals surface area contributed by atoms with Crippen LogP contribution in [0.15, 0.2) is 23.2 Å². The Morgan fingerprint density at radius 1 is 1.24 bits per heavy atom. The number of carbonyl (C=O) groups excluding carboxylic acids is 1. The van der Waals surface area contributed by atoms with Gasteiger partial charge in [-0.05, 0) is 24.1 Å². The molecule has 0 saturated heterocycles. The number of guanidine groups is 1. The van der Waals surface area contributed by atoms with Crippen LogP contribution in [0.4, 0.5) is 17.6 Å². The Balaban J connectivity index is 2.94. The van der Waals surface area contributed by atoms with Crippen molar-refractivity contribution in [3.63, 3.8) is 0 Å². The zero-order chi connectivity index (χ0) is 19.0. The molecule has 0 bridgehead atoms. The molecule has 0 atom stereocenters. The normalized spacial score (nSPS) is 12.0. The Morgan fingerprint density at radius 2 is 1.92 bits per heavy atom. The molecule has 9 heteroatoms. The van der Waals surface area contributed by atoms with Gasteiger partial charge in [0.25, 0.3) is 0 Å². The molecule has 1 rings (SSSR count). The zero-order valence-electron chi connectivity index (χ0n) is 14.4. The van der Waals surface area contributed by atoms with Crippen LogP contribution in [-0.4, -0.2) is 44.0 Å². The van der Waals surface area contributed by atoms with E-state index in [2.05, 4.69) is 15.6 Å². The van der Waals surface area contributed by atoms with Gasteiger partial charge < -0.3 is 15.5 Å². The molecule has 0 aliphatic heterocycles. The Labute approximate surface area is 144 Å². The Bertz CT molecular complexity index is 615. The van der Waals surface area contributed by atoms with Crippen molar-refractivity contribution in [2.75, 3.05) is 27.2 Å². The predicted octanol–water partition coefficient (Wildman–Crippen LogP) is 2.38. The third-order valence-corrected chi connectivity index (χ3v) is 3.23. The predicted molar refractivity (Wildman–Crippen MR) is 87.5 cm³/mol. The maximum atomic E-state index is 13.1. The summed E-state index contributed by atoms with van der Waals surface area (Å²) in [6.07, 6.45) is -3.90. The minimum atomic E-state index is -4.67. The molecule has 0 aliphatic carbocycles. The lowest BCUT2D eigenvalue weighted by molar-refractivity contribution is -0.138. The fourth-order valence-electron chi connectivity index (χ4n) is 1.85. The number of amides is 1. The molecule has 1 aromatic rings. The van der Waals surface area contributed by atoms with E-state index in [0.29, 0.717) is 12.6 Å². The largest absolute Gasteiger partial charge is 0.416 e. The van der Waals surface area contributed by atoms with Crippen LogP contribution in [0.25, 0.3) is 0 Å². The molecule has 0 aliphatic rings. The average Bonchev–Trinajstić information content (AvgIpc) is 2.53. The first-order valence-electron chi connectivity index (χ1n) is 7.73. The van der Waals surface area contributed by atoms with Crippen LogP contribution in [0.2, 0.25) is 0 Å². The van der Waals surface area contributed by atoms with Crippen LogP contribution >= 0.6 is 0 Å². The molecule has 0 unspecified atom stereocenters. The van der Waals surface area contributed by atoms with Crippen LogP contribution < -0.4 is 10.6 Å². The molecule has 25 heavy (non-hydrogen) atoms. The lowest BCUT2D eigenvalue weighted by atomic mass is 10.1. The monoisotopic (exact) mass is 362 g/mol. The summed E-state index contributed by atoms with van der Waals surface area (Å²) in [6, 6.07) is 2.47. The minimum Gasteiger partial charge on any atom is -0.356 e. The summed E-state index contributed by atoms with van der Waals surface area (Å²) < 4.78 is 52.1. The van der Waals surface area contributed by atoms with E-state index in [4.69, 9.17) is 0 Å². The van der Waals surface area contributed by atoms with Gasteiger partial charge in [0.15, 0.2) is 5.96 Å². The number of aliphatic imine (C=N–C) groups is 1. The Morgan fingerprint density at radius 3 is 2.48 bits per heavy atom. The van der Waals surface area contributed by atoms with Gasteiger partial charge in [-0.15, -0.1) is 0 Å². The Kier molecular flexibility index (Phi) is 7.66. The molecule has 0 saturated carbocycles. The van der Waals surface area contributed by atoms with E-state index in [9.17, 15) is 22.4 Å². The number of nitrogens with one attached hydrogen (secondary N) is 2. The number of alkyl halides is 3. The van der Waals surface area contributed by atoms with E-state index in [1.54, 1.807) is 14.1 Å². The Hall–Kier alpha value is -2.32. The molecule has 0 fully saturated rings. The van der Waals surface area contributed by atoms with Crippen molar-refractivity contribution in [2.45, 2.75) is 26.1 Å². The summed E-state index contributed by atoms with van der Waals surface area (Å²) in [5, 5.41) is 5.68. The summed E-state index contributed by atoms with van der Waals surface area (Å²) >= 11 is 0. The van der Waals surface area contributed by atoms with Crippen LogP contribution in [0, 0.1) is 5.82 Å². The molecule has 0 aromatic heterocycles. The highest BCUT2D eigenvalue weighted by atomic mass is 19.4. The average molecular weight is 362 g/mol. The van der Waals surface area contributed by atoms with Gasteiger partial charge in [0.05, 0.1) is 18.7 Å². The van der Waals surface area contributed by atoms with E-state index in [1.807, 2.05) is 6.92 Å². The lowest BCUT2D eigenvalue weighted by Crippen LogP contribution is -2.43. The van der Waals surface area contributed by atoms with Gasteiger partial charge >= 0.3 is 6.18 Å². The van der Waals surface area contributed by atoms with E-state index in [-0.39, 0.29) is 30.5 Å². The summed E-state index contributed by atoms with van der Waals surface area (Å²) in [5.41, 5.74) is -1.21. The molecule has 140 valence electrons. The van der Waals surface area contributed by atoms with Gasteiger partial charge in [-0.3, -0.25) is 4.79 Å². The third kappa shape index (κ3) is 6.98. The molecular weight excluding hydrogens is 340 g/mol. The van der Waals surface area contributed by atoms with Crippen molar-refractivity contribution in [3.8, 4) is 0 Å². The van der Waals surface area contributed by atoms with Crippen LogP contribution in [0.5, 0.6) is 0 Å². The van der Waals surface area contributed by atoms with Gasteiger partial charge in [0.1, 0.15) is 5.82 Å². The minimum absolute atomic E-state index is 0.0436. The van der Waals surface area contributed by atoms with Crippen molar-refractivity contribution in [3.05, 3.63) is 35.1 Å². The highest BCUT2D eigenvalue weighted by molar-refractivity contribution is 5.86. The smallest absolute Gasteiger partial charge is 0.356 e. The molecule has 0 radical (unpaired) electrons. The molecule has 1 aromatic carbocycles. The van der Waals surface area contributed by atoms with Gasteiger partial charge in [-0.25, -0.2) is 9.38 Å². The number of hydrogen-bond donors (Lipinski definition) is 2. The zero-order valence-corrected chi connectivity index (χ0v) is 14.4. The van der Waals surface area contributed by atoms with E-state index in [1.165, 1.54) is 4.90 Å². The maximum absolute atomic E-state index is 13.1. The fraction of sp³-hybridized carbons (Fsp3) is 0.500. The second-order valence-electron chi connectivity index (χ2n) is 5.53. The number of nitrogens with zero attached hydrogens (tertiary/aromatic N) is 2. The van der Waals surface area contributed by atoms with Crippen LogP contribution in [0.3, 0.4) is 0 Å². The standard InChI is InChI=1S/C16H22F4N4O/c1-4-7-21-15(23-10-14(25)24(2)3)22-9-11-5-6-12(17)8-13(11)16(18,19)20/h5-6,8H,4,7,9-10H2,1-3H3,(H2,21,22,23). The molecule has 0 spiro atoms. The first-order chi connectivity index (χ1) is 11.6. The number of halogens is 4. The quantitative estimate of drug-likeness (QED) is 0.464. The van der Waals surface area contributed by atoms with Gasteiger partial charge in [-0.1, -0.05) is 13.0 Å². The van der Waals surface area contributed by atoms with Gasteiger partial charge in [0, 0.05) is 20.6 Å². The number of likely N-dealkylation sites (N-methyl/N-ethyl adjacent to an activating group) is 1.